The number of anilines is 1. The fourth-order valence-corrected chi connectivity index (χ4v) is 3.04. The van der Waals surface area contributed by atoms with E-state index in [-0.39, 0.29) is 10.6 Å². The van der Waals surface area contributed by atoms with Crippen LogP contribution in [-0.4, -0.2) is 11.0 Å². The van der Waals surface area contributed by atoms with Crippen molar-refractivity contribution in [2.24, 2.45) is 11.8 Å². The second kappa shape index (κ2) is 5.90. The van der Waals surface area contributed by atoms with E-state index >= 15 is 0 Å². The average Bonchev–Trinajstić information content (AvgIpc) is 2.33. The molecule has 0 aliphatic heterocycles. The SMILES string of the molecule is CC1CCC(Nc2cc(Br)ccc2[N+](=O)[O-])CC1C. The third-order valence-electron chi connectivity index (χ3n) is 4.11. The summed E-state index contributed by atoms with van der Waals surface area (Å²) in [5, 5.41) is 14.4. The lowest BCUT2D eigenvalue weighted by Gasteiger charge is -2.33. The van der Waals surface area contributed by atoms with Gasteiger partial charge >= 0.3 is 0 Å². The maximum absolute atomic E-state index is 11.0. The van der Waals surface area contributed by atoms with Crippen molar-refractivity contribution in [2.75, 3.05) is 5.32 Å². The van der Waals surface area contributed by atoms with Gasteiger partial charge in [0.1, 0.15) is 5.69 Å². The lowest BCUT2D eigenvalue weighted by molar-refractivity contribution is -0.384. The molecule has 0 saturated heterocycles. The first-order valence-corrected chi connectivity index (χ1v) is 7.47. The van der Waals surface area contributed by atoms with Crippen molar-refractivity contribution in [3.05, 3.63) is 32.8 Å². The Labute approximate surface area is 121 Å². The zero-order chi connectivity index (χ0) is 14.0. The van der Waals surface area contributed by atoms with Crippen molar-refractivity contribution < 1.29 is 4.92 Å². The molecule has 2 rings (SSSR count). The van der Waals surface area contributed by atoms with Crippen LogP contribution in [0, 0.1) is 22.0 Å². The zero-order valence-electron chi connectivity index (χ0n) is 11.2. The number of nitrogens with one attached hydrogen (secondary N) is 1. The molecule has 1 aromatic rings. The van der Waals surface area contributed by atoms with Crippen LogP contribution >= 0.6 is 15.9 Å². The Hall–Kier alpha value is -1.10. The topological polar surface area (TPSA) is 55.2 Å². The normalized spacial score (nSPS) is 27.0. The minimum Gasteiger partial charge on any atom is -0.377 e. The predicted molar refractivity (Wildman–Crippen MR) is 80.4 cm³/mol. The molecule has 5 heteroatoms. The van der Waals surface area contributed by atoms with E-state index in [1.807, 2.05) is 0 Å². The molecule has 104 valence electrons. The second-order valence-corrected chi connectivity index (χ2v) is 6.44. The molecule has 0 radical (unpaired) electrons. The van der Waals surface area contributed by atoms with Gasteiger partial charge in [0, 0.05) is 16.6 Å². The maximum atomic E-state index is 11.0. The Kier molecular flexibility index (Phi) is 4.45. The summed E-state index contributed by atoms with van der Waals surface area (Å²) in [6, 6.07) is 5.37. The fraction of sp³-hybridized carbons (Fsp3) is 0.571. The highest BCUT2D eigenvalue weighted by Gasteiger charge is 2.26. The van der Waals surface area contributed by atoms with Gasteiger partial charge in [-0.05, 0) is 43.2 Å². The number of hydrogen-bond acceptors (Lipinski definition) is 3. The first kappa shape index (κ1) is 14.3. The highest BCUT2D eigenvalue weighted by atomic mass is 79.9. The molecular weight excluding hydrogens is 308 g/mol. The Morgan fingerprint density at radius 3 is 2.68 bits per heavy atom. The van der Waals surface area contributed by atoms with Crippen molar-refractivity contribution in [1.29, 1.82) is 0 Å². The third kappa shape index (κ3) is 3.47. The molecule has 0 aromatic heterocycles. The summed E-state index contributed by atoms with van der Waals surface area (Å²) in [5.41, 5.74) is 0.764. The van der Waals surface area contributed by atoms with E-state index in [2.05, 4.69) is 35.1 Å². The summed E-state index contributed by atoms with van der Waals surface area (Å²) < 4.78 is 0.859. The Balaban J connectivity index is 2.14. The highest BCUT2D eigenvalue weighted by molar-refractivity contribution is 9.10. The van der Waals surface area contributed by atoms with E-state index in [1.54, 1.807) is 18.2 Å². The standard InChI is InChI=1S/C14H19BrN2O2/c1-9-3-5-12(7-10(9)2)16-13-8-11(15)4-6-14(13)17(18)19/h4,6,8-10,12,16H,3,5,7H2,1-2H3. The van der Waals surface area contributed by atoms with E-state index in [0.29, 0.717) is 17.6 Å². The molecule has 3 unspecified atom stereocenters. The van der Waals surface area contributed by atoms with E-state index in [4.69, 9.17) is 0 Å². The third-order valence-corrected chi connectivity index (χ3v) is 4.61. The summed E-state index contributed by atoms with van der Waals surface area (Å²) in [5.74, 6) is 1.41. The smallest absolute Gasteiger partial charge is 0.292 e. The molecule has 1 saturated carbocycles. The summed E-state index contributed by atoms with van der Waals surface area (Å²) in [6.07, 6.45) is 3.33. The maximum Gasteiger partial charge on any atom is 0.292 e. The van der Waals surface area contributed by atoms with Crippen molar-refractivity contribution in [3.8, 4) is 0 Å². The molecule has 0 heterocycles. The predicted octanol–water partition coefficient (Wildman–Crippen LogP) is 4.59. The minimum atomic E-state index is -0.330. The number of nitrogens with zero attached hydrogens (tertiary/aromatic N) is 1. The molecule has 1 N–H and O–H groups in total. The van der Waals surface area contributed by atoms with Crippen molar-refractivity contribution in [1.82, 2.24) is 0 Å². The van der Waals surface area contributed by atoms with Crippen LogP contribution in [0.15, 0.2) is 22.7 Å². The van der Waals surface area contributed by atoms with Gasteiger partial charge in [0.05, 0.1) is 4.92 Å². The quantitative estimate of drug-likeness (QED) is 0.652. The Bertz CT molecular complexity index is 479. The molecule has 19 heavy (non-hydrogen) atoms. The number of rotatable bonds is 3. The summed E-state index contributed by atoms with van der Waals surface area (Å²) in [4.78, 5) is 10.7. The van der Waals surface area contributed by atoms with Gasteiger partial charge in [0.15, 0.2) is 0 Å². The van der Waals surface area contributed by atoms with Crippen molar-refractivity contribution >= 4 is 27.3 Å². The molecule has 1 aromatic carbocycles. The first-order chi connectivity index (χ1) is 8.97. The number of halogens is 1. The van der Waals surface area contributed by atoms with E-state index in [1.165, 1.54) is 6.42 Å². The van der Waals surface area contributed by atoms with Crippen LogP contribution in [0.5, 0.6) is 0 Å². The molecule has 1 fully saturated rings. The molecule has 0 amide bonds. The van der Waals surface area contributed by atoms with Gasteiger partial charge < -0.3 is 5.32 Å². The number of nitro groups is 1. The lowest BCUT2D eigenvalue weighted by atomic mass is 9.79. The van der Waals surface area contributed by atoms with Crippen LogP contribution in [0.2, 0.25) is 0 Å². The highest BCUT2D eigenvalue weighted by Crippen LogP contribution is 2.34. The van der Waals surface area contributed by atoms with Crippen LogP contribution in [0.3, 0.4) is 0 Å². The Morgan fingerprint density at radius 1 is 1.32 bits per heavy atom. The monoisotopic (exact) mass is 326 g/mol. The summed E-state index contributed by atoms with van der Waals surface area (Å²) in [6.45, 7) is 4.54. The summed E-state index contributed by atoms with van der Waals surface area (Å²) in [7, 11) is 0. The van der Waals surface area contributed by atoms with Crippen LogP contribution in [-0.2, 0) is 0 Å². The largest absolute Gasteiger partial charge is 0.377 e. The van der Waals surface area contributed by atoms with Crippen LogP contribution < -0.4 is 5.32 Å². The van der Waals surface area contributed by atoms with E-state index < -0.39 is 0 Å². The molecular formula is C14H19BrN2O2. The van der Waals surface area contributed by atoms with Gasteiger partial charge in [-0.25, -0.2) is 0 Å². The van der Waals surface area contributed by atoms with Gasteiger partial charge in [0.25, 0.3) is 5.69 Å². The van der Waals surface area contributed by atoms with Gasteiger partial charge in [-0.3, -0.25) is 10.1 Å². The van der Waals surface area contributed by atoms with Crippen LogP contribution in [0.4, 0.5) is 11.4 Å². The van der Waals surface area contributed by atoms with Gasteiger partial charge in [-0.2, -0.15) is 0 Å². The fourth-order valence-electron chi connectivity index (χ4n) is 2.68. The number of hydrogen-bond donors (Lipinski definition) is 1. The van der Waals surface area contributed by atoms with E-state index in [0.717, 1.165) is 23.2 Å². The molecule has 0 bridgehead atoms. The van der Waals surface area contributed by atoms with E-state index in [9.17, 15) is 10.1 Å². The van der Waals surface area contributed by atoms with Gasteiger partial charge in [-0.1, -0.05) is 29.8 Å². The number of benzene rings is 1. The zero-order valence-corrected chi connectivity index (χ0v) is 12.8. The van der Waals surface area contributed by atoms with Gasteiger partial charge in [0.2, 0.25) is 0 Å². The van der Waals surface area contributed by atoms with Gasteiger partial charge in [-0.15, -0.1) is 0 Å². The minimum absolute atomic E-state index is 0.148. The first-order valence-electron chi connectivity index (χ1n) is 6.68. The second-order valence-electron chi connectivity index (χ2n) is 5.53. The molecule has 0 spiro atoms. The Morgan fingerprint density at radius 2 is 2.05 bits per heavy atom. The molecule has 4 nitrogen and oxygen atoms in total. The van der Waals surface area contributed by atoms with Crippen LogP contribution in [0.1, 0.15) is 33.1 Å². The van der Waals surface area contributed by atoms with Crippen molar-refractivity contribution in [2.45, 2.75) is 39.2 Å². The van der Waals surface area contributed by atoms with Crippen molar-refractivity contribution in [3.63, 3.8) is 0 Å². The molecule has 1 aliphatic carbocycles. The van der Waals surface area contributed by atoms with Crippen LogP contribution in [0.25, 0.3) is 0 Å². The lowest BCUT2D eigenvalue weighted by Crippen LogP contribution is -2.30. The molecule has 1 aliphatic rings. The summed E-state index contributed by atoms with van der Waals surface area (Å²) >= 11 is 3.37. The number of nitro benzene ring substituents is 1. The molecule has 3 atom stereocenters. The average molecular weight is 327 g/mol.